The number of nitrogens with one attached hydrogen (secondary N) is 1. The first kappa shape index (κ1) is 25.1. The number of nitrogens with zero attached hydrogens (tertiary/aromatic N) is 2. The third kappa shape index (κ3) is 7.80. The maximum absolute atomic E-state index is 13.2. The third-order valence-electron chi connectivity index (χ3n) is 5.76. The number of hydrogen-bond donors (Lipinski definition) is 2. The minimum atomic E-state index is -4.33. The highest BCUT2D eigenvalue weighted by Crippen LogP contribution is 2.33. The number of ether oxygens (including phenoxy) is 1. The molecular weight excluding hydrogens is 467 g/mol. The molecule has 0 atom stereocenters. The molecule has 2 aliphatic rings. The van der Waals surface area contributed by atoms with E-state index >= 15 is 0 Å². The van der Waals surface area contributed by atoms with Crippen molar-refractivity contribution in [2.24, 2.45) is 0 Å². The number of carbonyl (C=O) groups excluding carboxylic acids is 1. The van der Waals surface area contributed by atoms with Gasteiger partial charge in [-0.15, -0.1) is 11.8 Å². The highest BCUT2D eigenvalue weighted by molar-refractivity contribution is 8.01. The zero-order valence-corrected chi connectivity index (χ0v) is 19.2. The van der Waals surface area contributed by atoms with E-state index in [1.54, 1.807) is 6.20 Å². The number of halogens is 3. The van der Waals surface area contributed by atoms with E-state index in [1.165, 1.54) is 11.3 Å². The number of carboxylic acids is 1. The zero-order chi connectivity index (χ0) is 23.1. The van der Waals surface area contributed by atoms with Crippen LogP contribution in [0.4, 0.5) is 23.1 Å². The Bertz CT molecular complexity index is 764. The van der Waals surface area contributed by atoms with Crippen molar-refractivity contribution in [1.82, 2.24) is 9.88 Å². The summed E-state index contributed by atoms with van der Waals surface area (Å²) in [5.41, 5.74) is 0. The Kier molecular flexibility index (Phi) is 9.06. The van der Waals surface area contributed by atoms with E-state index < -0.39 is 24.9 Å². The molecule has 1 aromatic rings. The number of anilines is 1. The summed E-state index contributed by atoms with van der Waals surface area (Å²) in [4.78, 5) is 30.0. The molecule has 0 aliphatic heterocycles. The molecule has 0 saturated heterocycles. The van der Waals surface area contributed by atoms with E-state index in [9.17, 15) is 22.8 Å². The van der Waals surface area contributed by atoms with Crippen molar-refractivity contribution in [1.29, 1.82) is 0 Å². The summed E-state index contributed by atoms with van der Waals surface area (Å²) in [5.74, 6) is -1.00. The van der Waals surface area contributed by atoms with E-state index in [2.05, 4.69) is 10.3 Å². The number of amides is 2. The average molecular weight is 496 g/mol. The van der Waals surface area contributed by atoms with Gasteiger partial charge in [-0.2, -0.15) is 13.2 Å². The maximum Gasteiger partial charge on any atom is 0.411 e. The first-order valence-electron chi connectivity index (χ1n) is 10.8. The van der Waals surface area contributed by atoms with Crippen molar-refractivity contribution in [3.63, 3.8) is 0 Å². The lowest BCUT2D eigenvalue weighted by molar-refractivity contribution is -0.188. The van der Waals surface area contributed by atoms with Gasteiger partial charge in [0.1, 0.15) is 6.61 Å². The fraction of sp³-hybridized carbons (Fsp3) is 0.750. The van der Waals surface area contributed by atoms with Crippen LogP contribution in [0.1, 0.15) is 57.8 Å². The summed E-state index contributed by atoms with van der Waals surface area (Å²) < 4.78 is 43.0. The van der Waals surface area contributed by atoms with Gasteiger partial charge in [0.2, 0.25) is 0 Å². The second-order valence-electron chi connectivity index (χ2n) is 8.15. The SMILES string of the molecule is O=C(O)CSc1cnc(NC(=O)N(C2CCCCC2)[C@H]2CC[C@H](OCC(F)(F)F)CC2)s1. The summed E-state index contributed by atoms with van der Waals surface area (Å²) in [6, 6.07) is -0.201. The number of hydrogen-bond acceptors (Lipinski definition) is 6. The normalized spacial score (nSPS) is 22.5. The van der Waals surface area contributed by atoms with Gasteiger partial charge < -0.3 is 14.7 Å². The van der Waals surface area contributed by atoms with Gasteiger partial charge in [-0.25, -0.2) is 9.78 Å². The van der Waals surface area contributed by atoms with E-state index in [-0.39, 0.29) is 23.9 Å². The molecule has 2 aliphatic carbocycles. The Morgan fingerprint density at radius 1 is 1.16 bits per heavy atom. The number of alkyl halides is 3. The molecule has 1 heterocycles. The number of aliphatic carboxylic acids is 1. The van der Waals surface area contributed by atoms with Crippen LogP contribution in [-0.4, -0.2) is 63.7 Å². The van der Waals surface area contributed by atoms with Crippen LogP contribution in [0.5, 0.6) is 0 Å². The number of rotatable bonds is 8. The monoisotopic (exact) mass is 495 g/mol. The number of carboxylic acid groups (broad SMARTS) is 1. The van der Waals surface area contributed by atoms with Crippen molar-refractivity contribution in [2.75, 3.05) is 17.7 Å². The Morgan fingerprint density at radius 2 is 1.81 bits per heavy atom. The van der Waals surface area contributed by atoms with Gasteiger partial charge in [0.05, 0.1) is 22.3 Å². The van der Waals surface area contributed by atoms with Gasteiger partial charge in [0.25, 0.3) is 0 Å². The zero-order valence-electron chi connectivity index (χ0n) is 17.6. The molecule has 7 nitrogen and oxygen atoms in total. The van der Waals surface area contributed by atoms with Gasteiger partial charge in [-0.1, -0.05) is 30.6 Å². The first-order chi connectivity index (χ1) is 15.2. The van der Waals surface area contributed by atoms with Crippen LogP contribution in [0.2, 0.25) is 0 Å². The van der Waals surface area contributed by atoms with Gasteiger partial charge >= 0.3 is 18.2 Å². The van der Waals surface area contributed by atoms with E-state index in [0.29, 0.717) is 35.0 Å². The summed E-state index contributed by atoms with van der Waals surface area (Å²) in [6.45, 7) is -1.23. The highest BCUT2D eigenvalue weighted by Gasteiger charge is 2.36. The second-order valence-corrected chi connectivity index (χ2v) is 10.5. The number of thioether (sulfide) groups is 1. The first-order valence-corrected chi connectivity index (χ1v) is 12.6. The Balaban J connectivity index is 1.60. The van der Waals surface area contributed by atoms with Crippen molar-refractivity contribution in [2.45, 2.75) is 86.4 Å². The number of thiazole rings is 1. The molecule has 3 rings (SSSR count). The lowest BCUT2D eigenvalue weighted by Gasteiger charge is -2.42. The van der Waals surface area contributed by atoms with Crippen LogP contribution in [0.15, 0.2) is 10.4 Å². The molecule has 0 bridgehead atoms. The Hall–Kier alpha value is -1.53. The van der Waals surface area contributed by atoms with Crippen molar-refractivity contribution < 1.29 is 32.6 Å². The summed E-state index contributed by atoms with van der Waals surface area (Å²) in [5, 5.41) is 12.1. The minimum Gasteiger partial charge on any atom is -0.481 e. The molecule has 2 fully saturated rings. The largest absolute Gasteiger partial charge is 0.481 e. The molecule has 12 heteroatoms. The molecule has 1 aromatic heterocycles. The summed E-state index contributed by atoms with van der Waals surface area (Å²) >= 11 is 2.37. The van der Waals surface area contributed by atoms with E-state index in [0.717, 1.165) is 43.9 Å². The van der Waals surface area contributed by atoms with Crippen LogP contribution in [0.25, 0.3) is 0 Å². The molecule has 2 saturated carbocycles. The Morgan fingerprint density at radius 3 is 2.44 bits per heavy atom. The number of aromatic nitrogens is 1. The molecule has 32 heavy (non-hydrogen) atoms. The lowest BCUT2D eigenvalue weighted by Crippen LogP contribution is -2.51. The lowest BCUT2D eigenvalue weighted by atomic mass is 9.88. The molecule has 0 radical (unpaired) electrons. The fourth-order valence-corrected chi connectivity index (χ4v) is 5.95. The predicted molar refractivity (Wildman–Crippen MR) is 116 cm³/mol. The van der Waals surface area contributed by atoms with E-state index in [1.807, 2.05) is 4.90 Å². The topological polar surface area (TPSA) is 91.8 Å². The molecule has 2 amide bonds. The van der Waals surface area contributed by atoms with Crippen LogP contribution < -0.4 is 5.32 Å². The van der Waals surface area contributed by atoms with Gasteiger partial charge in [0.15, 0.2) is 5.13 Å². The molecule has 0 aromatic carbocycles. The van der Waals surface area contributed by atoms with Crippen molar-refractivity contribution in [3.05, 3.63) is 6.20 Å². The summed E-state index contributed by atoms with van der Waals surface area (Å²) in [7, 11) is 0. The molecule has 0 unspecified atom stereocenters. The second kappa shape index (κ2) is 11.6. The average Bonchev–Trinajstić information content (AvgIpc) is 3.19. The van der Waals surface area contributed by atoms with Crippen LogP contribution in [0, 0.1) is 0 Å². The highest BCUT2D eigenvalue weighted by atomic mass is 32.2. The predicted octanol–water partition coefficient (Wildman–Crippen LogP) is 5.38. The number of carbonyl (C=O) groups is 2. The smallest absolute Gasteiger partial charge is 0.411 e. The van der Waals surface area contributed by atoms with Crippen LogP contribution in [-0.2, 0) is 9.53 Å². The van der Waals surface area contributed by atoms with Crippen molar-refractivity contribution >= 4 is 40.2 Å². The van der Waals surface area contributed by atoms with Gasteiger partial charge in [-0.05, 0) is 38.5 Å². The van der Waals surface area contributed by atoms with Gasteiger partial charge in [0, 0.05) is 12.1 Å². The summed E-state index contributed by atoms with van der Waals surface area (Å²) in [6.07, 6.45) is 4.02. The van der Waals surface area contributed by atoms with Crippen LogP contribution >= 0.6 is 23.1 Å². The quantitative estimate of drug-likeness (QED) is 0.471. The Labute approximate surface area is 193 Å². The third-order valence-corrected chi connectivity index (χ3v) is 7.85. The maximum atomic E-state index is 13.2. The number of urea groups is 1. The van der Waals surface area contributed by atoms with Gasteiger partial charge in [-0.3, -0.25) is 10.1 Å². The minimum absolute atomic E-state index is 0.0512. The molecule has 180 valence electrons. The van der Waals surface area contributed by atoms with Crippen LogP contribution in [0.3, 0.4) is 0 Å². The molecular formula is C20H28F3N3O4S2. The molecule has 2 N–H and O–H groups in total. The molecule has 0 spiro atoms. The standard InChI is InChI=1S/C20H28F3N3O4S2/c21-20(22,23)12-30-15-8-6-14(7-9-15)26(13-4-2-1-3-5-13)19(29)25-18-24-10-17(32-18)31-11-16(27)28/h10,13-15H,1-9,11-12H2,(H,27,28)(H,24,25,29)/t14-,15-. The van der Waals surface area contributed by atoms with E-state index in [4.69, 9.17) is 9.84 Å². The fourth-order valence-electron chi connectivity index (χ4n) is 4.36. The van der Waals surface area contributed by atoms with Crippen molar-refractivity contribution in [3.8, 4) is 0 Å².